The summed E-state index contributed by atoms with van der Waals surface area (Å²) in [5.41, 5.74) is 8.32. The van der Waals surface area contributed by atoms with Crippen LogP contribution in [0.2, 0.25) is 0 Å². The number of hydroxylamine groups is 1. The zero-order valence-corrected chi connectivity index (χ0v) is 42.1. The van der Waals surface area contributed by atoms with E-state index in [4.69, 9.17) is 38.0 Å². The van der Waals surface area contributed by atoms with E-state index in [2.05, 4.69) is 55.2 Å². The Morgan fingerprint density at radius 2 is 1.12 bits per heavy atom. The number of nitrogens with zero attached hydrogens (tertiary/aromatic N) is 4. The SMILES string of the molecule is C=C1C[C@H]2C=Nc3cc(OCc4cc(CNC(=O)CCOCCOCCOCCONC(=O)CCNC(=O)CBr)cc(COc5cc6c(cc5OC)C(=O)N5CC(=C)C[C@H]5C=N6)c4)c(OC)cc3C(=O)N2C1. The molecule has 7 rings (SSSR count). The second kappa shape index (κ2) is 26.2. The van der Waals surface area contributed by atoms with Crippen molar-refractivity contribution >= 4 is 69.3 Å². The molecule has 4 heterocycles. The predicted molar refractivity (Wildman–Crippen MR) is 269 cm³/mol. The largest absolute Gasteiger partial charge is 0.493 e. The van der Waals surface area contributed by atoms with Gasteiger partial charge in [-0.15, -0.1) is 0 Å². The molecule has 21 heteroatoms. The van der Waals surface area contributed by atoms with Crippen molar-refractivity contribution in [1.29, 1.82) is 0 Å². The molecule has 0 aliphatic carbocycles. The topological polar surface area (TPSA) is 226 Å². The first kappa shape index (κ1) is 53.2. The summed E-state index contributed by atoms with van der Waals surface area (Å²) < 4.78 is 40.7. The van der Waals surface area contributed by atoms with Crippen LogP contribution in [0.1, 0.15) is 63.1 Å². The molecular formula is C51H60BrN7O13. The highest BCUT2D eigenvalue weighted by atomic mass is 79.9. The number of rotatable bonds is 27. The number of fused-ring (bicyclic) bond motifs is 4. The Labute approximate surface area is 426 Å². The van der Waals surface area contributed by atoms with E-state index >= 15 is 0 Å². The fraction of sp³-hybridized carbons (Fsp3) is 0.431. The van der Waals surface area contributed by atoms with Crippen LogP contribution in [0.4, 0.5) is 11.4 Å². The van der Waals surface area contributed by atoms with Crippen molar-refractivity contribution in [3.63, 3.8) is 0 Å². The molecule has 2 saturated heterocycles. The molecule has 2 atom stereocenters. The lowest BCUT2D eigenvalue weighted by Gasteiger charge is -2.20. The number of halogens is 1. The number of methoxy groups -OCH3 is 2. The summed E-state index contributed by atoms with van der Waals surface area (Å²) in [5.74, 6) is 0.467. The third-order valence-electron chi connectivity index (χ3n) is 11.8. The molecule has 5 amide bonds. The summed E-state index contributed by atoms with van der Waals surface area (Å²) in [6, 6.07) is 12.2. The van der Waals surface area contributed by atoms with Gasteiger partial charge in [-0.05, 0) is 47.7 Å². The van der Waals surface area contributed by atoms with E-state index in [-0.39, 0.29) is 113 Å². The molecule has 3 aromatic rings. The molecule has 3 N–H and O–H groups in total. The molecular weight excluding hydrogens is 999 g/mol. The van der Waals surface area contributed by atoms with E-state index in [1.54, 1.807) is 46.5 Å². The van der Waals surface area contributed by atoms with Crippen molar-refractivity contribution in [1.82, 2.24) is 25.9 Å². The highest BCUT2D eigenvalue weighted by Gasteiger charge is 2.36. The number of nitrogens with one attached hydrogen (secondary N) is 3. The number of hydrogen-bond acceptors (Lipinski definition) is 15. The van der Waals surface area contributed by atoms with Crippen molar-refractivity contribution in [2.45, 2.75) is 57.5 Å². The number of hydrogen-bond donors (Lipinski definition) is 3. The lowest BCUT2D eigenvalue weighted by Crippen LogP contribution is -2.35. The minimum absolute atomic E-state index is 0.0914. The van der Waals surface area contributed by atoms with Crippen molar-refractivity contribution in [2.24, 2.45) is 9.98 Å². The van der Waals surface area contributed by atoms with E-state index in [1.165, 1.54) is 14.2 Å². The number of amides is 5. The molecule has 0 unspecified atom stereocenters. The predicted octanol–water partition coefficient (Wildman–Crippen LogP) is 4.84. The van der Waals surface area contributed by atoms with Gasteiger partial charge in [0.1, 0.15) is 13.2 Å². The van der Waals surface area contributed by atoms with Crippen LogP contribution in [0, 0.1) is 0 Å². The van der Waals surface area contributed by atoms with Gasteiger partial charge in [-0.25, -0.2) is 5.48 Å². The summed E-state index contributed by atoms with van der Waals surface area (Å²) >= 11 is 3.03. The third kappa shape index (κ3) is 14.5. The van der Waals surface area contributed by atoms with E-state index in [0.717, 1.165) is 27.8 Å². The average molecular weight is 1060 g/mol. The lowest BCUT2D eigenvalue weighted by atomic mass is 10.1. The molecule has 2 fully saturated rings. The van der Waals surface area contributed by atoms with E-state index in [9.17, 15) is 24.0 Å². The van der Waals surface area contributed by atoms with Gasteiger partial charge in [-0.2, -0.15) is 0 Å². The van der Waals surface area contributed by atoms with Crippen LogP contribution in [0.15, 0.2) is 76.8 Å². The maximum atomic E-state index is 13.6. The van der Waals surface area contributed by atoms with Crippen molar-refractivity contribution < 1.29 is 62.0 Å². The molecule has 4 aliphatic heterocycles. The molecule has 384 valence electrons. The van der Waals surface area contributed by atoms with Crippen LogP contribution in [0.5, 0.6) is 23.0 Å². The Morgan fingerprint density at radius 3 is 1.64 bits per heavy atom. The molecule has 4 aliphatic rings. The fourth-order valence-corrected chi connectivity index (χ4v) is 8.48. The minimum atomic E-state index is -0.357. The summed E-state index contributed by atoms with van der Waals surface area (Å²) in [7, 11) is 3.03. The lowest BCUT2D eigenvalue weighted by molar-refractivity contribution is -0.135. The third-order valence-corrected chi connectivity index (χ3v) is 12.3. The number of ether oxygens (including phenoxy) is 7. The van der Waals surface area contributed by atoms with Crippen molar-refractivity contribution in [3.8, 4) is 23.0 Å². The molecule has 0 aromatic heterocycles. The Kier molecular flexibility index (Phi) is 19.3. The molecule has 0 spiro atoms. The summed E-state index contributed by atoms with van der Waals surface area (Å²) in [4.78, 5) is 80.9. The van der Waals surface area contributed by atoms with Gasteiger partial charge >= 0.3 is 0 Å². The summed E-state index contributed by atoms with van der Waals surface area (Å²) in [5, 5.41) is 5.71. The smallest absolute Gasteiger partial charge is 0.257 e. The van der Waals surface area contributed by atoms with Crippen LogP contribution in [-0.4, -0.2) is 149 Å². The first-order valence-electron chi connectivity index (χ1n) is 23.5. The fourth-order valence-electron chi connectivity index (χ4n) is 8.28. The molecule has 0 radical (unpaired) electrons. The second-order valence-corrected chi connectivity index (χ2v) is 17.8. The van der Waals surface area contributed by atoms with Gasteiger partial charge in [0, 0.05) is 63.6 Å². The van der Waals surface area contributed by atoms with Crippen LogP contribution in [-0.2, 0) is 53.2 Å². The Balaban J connectivity index is 0.919. The maximum Gasteiger partial charge on any atom is 0.257 e. The zero-order chi connectivity index (χ0) is 51.0. The summed E-state index contributed by atoms with van der Waals surface area (Å²) in [6.07, 6.45) is 5.08. The van der Waals surface area contributed by atoms with Gasteiger partial charge < -0.3 is 53.6 Å². The number of aliphatic imine (C=N–C) groups is 2. The van der Waals surface area contributed by atoms with E-state index in [1.807, 2.05) is 18.2 Å². The monoisotopic (exact) mass is 1060 g/mol. The highest BCUT2D eigenvalue weighted by Crippen LogP contribution is 2.40. The second-order valence-electron chi connectivity index (χ2n) is 17.2. The molecule has 0 bridgehead atoms. The molecule has 3 aromatic carbocycles. The Hall–Kier alpha value is -6.65. The van der Waals surface area contributed by atoms with Gasteiger partial charge in [0.25, 0.3) is 11.8 Å². The van der Waals surface area contributed by atoms with Crippen LogP contribution < -0.4 is 35.1 Å². The number of carbonyl (C=O) groups excluding carboxylic acids is 5. The average Bonchev–Trinajstić information content (AvgIpc) is 3.89. The van der Waals surface area contributed by atoms with Gasteiger partial charge in [0.2, 0.25) is 17.7 Å². The first-order chi connectivity index (χ1) is 34.9. The Morgan fingerprint density at radius 1 is 0.625 bits per heavy atom. The van der Waals surface area contributed by atoms with Crippen molar-refractivity contribution in [2.75, 3.05) is 85.4 Å². The Bertz CT molecular complexity index is 2440. The van der Waals surface area contributed by atoms with Gasteiger partial charge in [-0.3, -0.25) is 38.8 Å². The maximum absolute atomic E-state index is 13.6. The van der Waals surface area contributed by atoms with Crippen molar-refractivity contribution in [3.05, 3.63) is 94.6 Å². The molecule has 72 heavy (non-hydrogen) atoms. The van der Waals surface area contributed by atoms with Crippen LogP contribution in [0.25, 0.3) is 0 Å². The quantitative estimate of drug-likeness (QED) is 0.0403. The number of benzene rings is 3. The molecule has 20 nitrogen and oxygen atoms in total. The zero-order valence-electron chi connectivity index (χ0n) is 40.5. The van der Waals surface area contributed by atoms with Crippen LogP contribution >= 0.6 is 15.9 Å². The van der Waals surface area contributed by atoms with Gasteiger partial charge in [0.05, 0.1) is 100 Å². The van der Waals surface area contributed by atoms with Crippen LogP contribution in [0.3, 0.4) is 0 Å². The standard InChI is InChI=1S/C51H60BrN7O13/c1-32-15-37-26-54-41-22-45(43(65-3)20-39(41)50(63)58(37)28-32)70-30-35-17-34(25-56-47(60)6-8-67-9-10-68-11-12-69-13-14-72-57-48(61)5-7-53-49(62)24-52)18-36(19-35)31-71-46-23-42-40(21-44(46)66-4)51(64)59-29-33(2)16-38(59)27-55-42/h17-23,26-27,37-38H,1-2,5-16,24-25,28-31H2,3-4H3,(H,53,62)(H,56,60)(H,57,61)/t37-,38-/m0/s1. The van der Waals surface area contributed by atoms with E-state index < -0.39 is 0 Å². The van der Waals surface area contributed by atoms with Gasteiger partial charge in [-0.1, -0.05) is 52.4 Å². The normalized spacial score (nSPS) is 16.6. The minimum Gasteiger partial charge on any atom is -0.493 e. The highest BCUT2D eigenvalue weighted by molar-refractivity contribution is 9.09. The first-order valence-corrected chi connectivity index (χ1v) is 24.6. The number of alkyl halides is 1. The molecule has 0 saturated carbocycles. The number of carbonyl (C=O) groups is 5. The van der Waals surface area contributed by atoms with E-state index in [0.29, 0.717) is 91.3 Å². The summed E-state index contributed by atoms with van der Waals surface area (Å²) in [6.45, 7) is 11.5. The van der Waals surface area contributed by atoms with Gasteiger partial charge in [0.15, 0.2) is 23.0 Å².